The van der Waals surface area contributed by atoms with Gasteiger partial charge in [-0.15, -0.1) is 0 Å². The van der Waals surface area contributed by atoms with E-state index < -0.39 is 11.9 Å². The summed E-state index contributed by atoms with van der Waals surface area (Å²) in [5.74, 6) is -1.83. The van der Waals surface area contributed by atoms with Gasteiger partial charge in [0.25, 0.3) is 0 Å². The Morgan fingerprint density at radius 2 is 1.90 bits per heavy atom. The maximum Gasteiger partial charge on any atom is 0.343 e. The number of esters is 1. The molecule has 1 rings (SSSR count). The summed E-state index contributed by atoms with van der Waals surface area (Å²) in [6.45, 7) is 2.12. The van der Waals surface area contributed by atoms with Crippen molar-refractivity contribution in [2.75, 3.05) is 0 Å². The first-order chi connectivity index (χ1) is 9.66. The molecular weight excluding hydrogens is 256 g/mol. The Morgan fingerprint density at radius 3 is 2.55 bits per heavy atom. The van der Waals surface area contributed by atoms with Crippen molar-refractivity contribution in [3.05, 3.63) is 59.9 Å². The van der Waals surface area contributed by atoms with Gasteiger partial charge in [-0.05, 0) is 24.6 Å². The van der Waals surface area contributed by atoms with Gasteiger partial charge >= 0.3 is 11.9 Å². The van der Waals surface area contributed by atoms with E-state index in [2.05, 4.69) is 6.92 Å². The molecule has 1 aromatic rings. The van der Waals surface area contributed by atoms with Gasteiger partial charge in [0.1, 0.15) is 0 Å². The van der Waals surface area contributed by atoms with E-state index in [1.807, 2.05) is 6.08 Å². The molecule has 106 valence electrons. The van der Waals surface area contributed by atoms with Gasteiger partial charge in [-0.2, -0.15) is 0 Å². The molecule has 0 aliphatic carbocycles. The van der Waals surface area contributed by atoms with Crippen LogP contribution >= 0.6 is 0 Å². The molecule has 0 atom stereocenters. The van der Waals surface area contributed by atoms with Gasteiger partial charge in [0.2, 0.25) is 0 Å². The molecule has 4 heteroatoms. The van der Waals surface area contributed by atoms with Crippen LogP contribution < -0.4 is 0 Å². The Bertz CT molecular complexity index is 515. The van der Waals surface area contributed by atoms with Crippen molar-refractivity contribution in [2.45, 2.75) is 26.2 Å². The molecule has 0 aromatic heterocycles. The van der Waals surface area contributed by atoms with Crippen molar-refractivity contribution in [2.24, 2.45) is 0 Å². The summed E-state index contributed by atoms with van der Waals surface area (Å²) >= 11 is 0. The Balaban J connectivity index is 2.57. The first kappa shape index (κ1) is 15.7. The molecule has 20 heavy (non-hydrogen) atoms. The van der Waals surface area contributed by atoms with Crippen LogP contribution in [0.15, 0.2) is 48.8 Å². The zero-order valence-corrected chi connectivity index (χ0v) is 11.4. The Hall–Kier alpha value is -2.36. The number of ether oxygens (including phenoxy) is 1. The molecule has 0 bridgehead atoms. The van der Waals surface area contributed by atoms with Crippen LogP contribution in [-0.2, 0) is 4.74 Å². The molecule has 0 aliphatic rings. The first-order valence-electron chi connectivity index (χ1n) is 6.51. The summed E-state index contributed by atoms with van der Waals surface area (Å²) in [5.41, 5.74) is -0.0241. The largest absolute Gasteiger partial charge is 0.478 e. The van der Waals surface area contributed by atoms with Gasteiger partial charge in [0.15, 0.2) is 0 Å². The van der Waals surface area contributed by atoms with Crippen molar-refractivity contribution >= 4 is 11.9 Å². The molecule has 0 radical (unpaired) electrons. The molecule has 0 unspecified atom stereocenters. The number of allylic oxidation sites excluding steroid dienone is 3. The van der Waals surface area contributed by atoms with Crippen LogP contribution in [0.4, 0.5) is 0 Å². The lowest BCUT2D eigenvalue weighted by molar-refractivity contribution is 0.0632. The molecule has 4 nitrogen and oxygen atoms in total. The lowest BCUT2D eigenvalue weighted by Crippen LogP contribution is -2.09. The van der Waals surface area contributed by atoms with Gasteiger partial charge in [-0.3, -0.25) is 0 Å². The van der Waals surface area contributed by atoms with Crippen LogP contribution in [0.2, 0.25) is 0 Å². The highest BCUT2D eigenvalue weighted by Crippen LogP contribution is 2.10. The van der Waals surface area contributed by atoms with Gasteiger partial charge in [0, 0.05) is 0 Å². The Kier molecular flexibility index (Phi) is 6.82. The maximum absolute atomic E-state index is 11.7. The highest BCUT2D eigenvalue weighted by Gasteiger charge is 2.15. The Labute approximate surface area is 118 Å². The topological polar surface area (TPSA) is 63.6 Å². The molecule has 0 amide bonds. The van der Waals surface area contributed by atoms with Crippen molar-refractivity contribution in [1.82, 2.24) is 0 Å². The second-order valence-corrected chi connectivity index (χ2v) is 4.15. The number of benzene rings is 1. The van der Waals surface area contributed by atoms with Crippen LogP contribution in [-0.4, -0.2) is 17.0 Å². The van der Waals surface area contributed by atoms with E-state index in [9.17, 15) is 9.59 Å². The van der Waals surface area contributed by atoms with Crippen molar-refractivity contribution < 1.29 is 19.4 Å². The third kappa shape index (κ3) is 5.10. The lowest BCUT2D eigenvalue weighted by Gasteiger charge is -2.02. The van der Waals surface area contributed by atoms with E-state index in [0.29, 0.717) is 0 Å². The number of hydrogen-bond acceptors (Lipinski definition) is 3. The first-order valence-corrected chi connectivity index (χ1v) is 6.51. The minimum Gasteiger partial charge on any atom is -0.478 e. The quantitative estimate of drug-likeness (QED) is 0.355. The van der Waals surface area contributed by atoms with Gasteiger partial charge in [-0.25, -0.2) is 9.59 Å². The van der Waals surface area contributed by atoms with E-state index in [-0.39, 0.29) is 11.1 Å². The maximum atomic E-state index is 11.7. The summed E-state index contributed by atoms with van der Waals surface area (Å²) in [6, 6.07) is 5.95. The zero-order valence-electron chi connectivity index (χ0n) is 11.4. The minimum absolute atomic E-state index is 0.0413. The lowest BCUT2D eigenvalue weighted by atomic mass is 10.1. The molecule has 0 fully saturated rings. The fourth-order valence-corrected chi connectivity index (χ4v) is 1.55. The molecule has 1 N–H and O–H groups in total. The molecule has 0 saturated carbocycles. The molecule has 0 saturated heterocycles. The van der Waals surface area contributed by atoms with Gasteiger partial charge in [0.05, 0.1) is 17.4 Å². The number of carbonyl (C=O) groups is 2. The van der Waals surface area contributed by atoms with Gasteiger partial charge < -0.3 is 9.84 Å². The SMILES string of the molecule is CCCCC=CC=COC(=O)c1ccccc1C(=O)O. The normalized spacial score (nSPS) is 11.1. The molecule has 0 aliphatic heterocycles. The zero-order chi connectivity index (χ0) is 14.8. The number of aromatic carboxylic acids is 1. The molecule has 0 heterocycles. The second kappa shape index (κ2) is 8.69. The van der Waals surface area contributed by atoms with Gasteiger partial charge in [-0.1, -0.05) is 44.1 Å². The summed E-state index contributed by atoms with van der Waals surface area (Å²) in [4.78, 5) is 22.7. The summed E-state index contributed by atoms with van der Waals surface area (Å²) in [5, 5.41) is 8.97. The monoisotopic (exact) mass is 274 g/mol. The highest BCUT2D eigenvalue weighted by molar-refractivity contribution is 6.02. The van der Waals surface area contributed by atoms with E-state index >= 15 is 0 Å². The van der Waals surface area contributed by atoms with E-state index in [4.69, 9.17) is 9.84 Å². The van der Waals surface area contributed by atoms with Crippen LogP contribution in [0, 0.1) is 0 Å². The predicted molar refractivity (Wildman–Crippen MR) is 76.6 cm³/mol. The average molecular weight is 274 g/mol. The Morgan fingerprint density at radius 1 is 1.20 bits per heavy atom. The number of hydrogen-bond donors (Lipinski definition) is 1. The van der Waals surface area contributed by atoms with E-state index in [0.717, 1.165) is 19.3 Å². The second-order valence-electron chi connectivity index (χ2n) is 4.15. The van der Waals surface area contributed by atoms with Crippen LogP contribution in [0.1, 0.15) is 46.9 Å². The van der Waals surface area contributed by atoms with E-state index in [1.54, 1.807) is 24.3 Å². The number of carbonyl (C=O) groups excluding carboxylic acids is 1. The number of unbranched alkanes of at least 4 members (excludes halogenated alkanes) is 2. The molecule has 1 aromatic carbocycles. The number of carboxylic acid groups (broad SMARTS) is 1. The highest BCUT2D eigenvalue weighted by atomic mass is 16.5. The predicted octanol–water partition coefficient (Wildman–Crippen LogP) is 3.80. The van der Waals surface area contributed by atoms with Crippen molar-refractivity contribution in [3.63, 3.8) is 0 Å². The summed E-state index contributed by atoms with van der Waals surface area (Å²) in [6.07, 6.45) is 9.88. The summed E-state index contributed by atoms with van der Waals surface area (Å²) in [7, 11) is 0. The number of rotatable bonds is 7. The van der Waals surface area contributed by atoms with Crippen molar-refractivity contribution in [1.29, 1.82) is 0 Å². The minimum atomic E-state index is -1.15. The van der Waals surface area contributed by atoms with Crippen LogP contribution in [0.5, 0.6) is 0 Å². The summed E-state index contributed by atoms with van der Waals surface area (Å²) < 4.78 is 4.89. The fourth-order valence-electron chi connectivity index (χ4n) is 1.55. The van der Waals surface area contributed by atoms with Crippen molar-refractivity contribution in [3.8, 4) is 0 Å². The fraction of sp³-hybridized carbons (Fsp3) is 0.250. The van der Waals surface area contributed by atoms with E-state index in [1.165, 1.54) is 18.4 Å². The number of carboxylic acids is 1. The third-order valence-corrected chi connectivity index (χ3v) is 2.60. The van der Waals surface area contributed by atoms with Crippen LogP contribution in [0.25, 0.3) is 0 Å². The smallest absolute Gasteiger partial charge is 0.343 e. The molecular formula is C16H18O4. The standard InChI is InChI=1S/C16H18O4/c1-2-3-4-5-6-9-12-20-16(19)14-11-8-7-10-13(14)15(17)18/h5-12H,2-4H2,1H3,(H,17,18). The van der Waals surface area contributed by atoms with Crippen LogP contribution in [0.3, 0.4) is 0 Å². The third-order valence-electron chi connectivity index (χ3n) is 2.60. The molecule has 0 spiro atoms. The average Bonchev–Trinajstić information content (AvgIpc) is 2.46.